The van der Waals surface area contributed by atoms with E-state index in [4.69, 9.17) is 0 Å². The van der Waals surface area contributed by atoms with E-state index in [0.717, 1.165) is 28.3 Å². The summed E-state index contributed by atoms with van der Waals surface area (Å²) in [6.07, 6.45) is 0.932. The number of fused-ring (bicyclic) bond motifs is 3. The maximum absolute atomic E-state index is 11.0. The van der Waals surface area contributed by atoms with Gasteiger partial charge in [-0.2, -0.15) is 0 Å². The number of aryl methyl sites for hydroxylation is 2. The van der Waals surface area contributed by atoms with Crippen molar-refractivity contribution >= 4 is 11.3 Å². The van der Waals surface area contributed by atoms with E-state index >= 15 is 0 Å². The molecule has 0 saturated heterocycles. The van der Waals surface area contributed by atoms with Crippen molar-refractivity contribution in [3.8, 4) is 0 Å². The summed E-state index contributed by atoms with van der Waals surface area (Å²) in [6.45, 7) is 5.65. The van der Waals surface area contributed by atoms with Crippen LogP contribution >= 0.6 is 0 Å². The van der Waals surface area contributed by atoms with Gasteiger partial charge in [0.1, 0.15) is 11.7 Å². The number of imidazole rings is 1. The summed E-state index contributed by atoms with van der Waals surface area (Å²) in [5, 5.41) is 25.2. The number of hydrogen-bond acceptors (Lipinski definition) is 4. The quantitative estimate of drug-likeness (QED) is 0.644. The van der Waals surface area contributed by atoms with Gasteiger partial charge in [0, 0.05) is 17.5 Å². The molecule has 5 nitrogen and oxygen atoms in total. The van der Waals surface area contributed by atoms with Gasteiger partial charge in [-0.1, -0.05) is 30.3 Å². The summed E-state index contributed by atoms with van der Waals surface area (Å²) in [5.41, 5.74) is 3.80. The molecule has 4 rings (SSSR count). The lowest BCUT2D eigenvalue weighted by Crippen LogP contribution is -2.47. The fraction of sp³-hybridized carbons (Fsp3) is 0.316. The summed E-state index contributed by atoms with van der Waals surface area (Å²) < 4.78 is 2.01. The van der Waals surface area contributed by atoms with Gasteiger partial charge in [0.15, 0.2) is 5.65 Å². The minimum Gasteiger partial charge on any atom is -0.387 e. The lowest BCUT2D eigenvalue weighted by atomic mass is 9.80. The van der Waals surface area contributed by atoms with Crippen molar-refractivity contribution in [2.24, 2.45) is 0 Å². The predicted molar refractivity (Wildman–Crippen MR) is 93.0 cm³/mol. The summed E-state index contributed by atoms with van der Waals surface area (Å²) in [7, 11) is 0. The van der Waals surface area contributed by atoms with Crippen LogP contribution in [0.5, 0.6) is 0 Å². The Morgan fingerprint density at radius 3 is 2.58 bits per heavy atom. The van der Waals surface area contributed by atoms with Gasteiger partial charge in [0.25, 0.3) is 0 Å². The first kappa shape index (κ1) is 15.2. The van der Waals surface area contributed by atoms with Gasteiger partial charge >= 0.3 is 0 Å². The third kappa shape index (κ3) is 1.98. The molecule has 0 fully saturated rings. The topological polar surface area (TPSA) is 69.8 Å². The molecule has 3 atom stereocenters. The lowest BCUT2D eigenvalue weighted by Gasteiger charge is -2.42. The van der Waals surface area contributed by atoms with Crippen LogP contribution in [0.4, 0.5) is 5.69 Å². The van der Waals surface area contributed by atoms with E-state index in [1.807, 2.05) is 60.8 Å². The van der Waals surface area contributed by atoms with Crippen molar-refractivity contribution in [3.63, 3.8) is 0 Å². The summed E-state index contributed by atoms with van der Waals surface area (Å²) in [4.78, 5) is 4.65. The highest BCUT2D eigenvalue weighted by Gasteiger charge is 2.45. The monoisotopic (exact) mass is 323 g/mol. The van der Waals surface area contributed by atoms with E-state index in [-0.39, 0.29) is 0 Å². The van der Waals surface area contributed by atoms with Crippen LogP contribution in [0.15, 0.2) is 42.6 Å². The number of aliphatic hydroxyl groups is 2. The molecule has 0 spiro atoms. The third-order valence-electron chi connectivity index (χ3n) is 5.17. The number of nitrogens with one attached hydrogen (secondary N) is 1. The van der Waals surface area contributed by atoms with Gasteiger partial charge in [-0.15, -0.1) is 0 Å². The molecule has 24 heavy (non-hydrogen) atoms. The maximum atomic E-state index is 11.0. The Bertz CT molecular complexity index is 915. The molecule has 0 saturated carbocycles. The number of aromatic nitrogens is 2. The molecular formula is C19H21N3O2. The first-order chi connectivity index (χ1) is 11.4. The van der Waals surface area contributed by atoms with Crippen LogP contribution in [0.3, 0.4) is 0 Å². The molecule has 5 heteroatoms. The summed E-state index contributed by atoms with van der Waals surface area (Å²) >= 11 is 0. The van der Waals surface area contributed by atoms with Crippen LogP contribution < -0.4 is 5.32 Å². The van der Waals surface area contributed by atoms with E-state index in [9.17, 15) is 10.2 Å². The van der Waals surface area contributed by atoms with Gasteiger partial charge in [0.2, 0.25) is 0 Å². The number of anilines is 1. The first-order valence-electron chi connectivity index (χ1n) is 8.12. The van der Waals surface area contributed by atoms with E-state index in [0.29, 0.717) is 5.56 Å². The minimum atomic E-state index is -1.36. The van der Waals surface area contributed by atoms with Gasteiger partial charge in [-0.3, -0.25) is 0 Å². The normalized spacial score (nSPS) is 26.2. The smallest absolute Gasteiger partial charge is 0.161 e. The van der Waals surface area contributed by atoms with Crippen LogP contribution in [0.25, 0.3) is 5.65 Å². The lowest BCUT2D eigenvalue weighted by molar-refractivity contribution is -0.0794. The zero-order chi connectivity index (χ0) is 17.1. The molecule has 3 aromatic rings. The molecule has 1 aliphatic rings. The largest absolute Gasteiger partial charge is 0.387 e. The second-order valence-electron chi connectivity index (χ2n) is 6.71. The van der Waals surface area contributed by atoms with Crippen molar-refractivity contribution in [2.75, 3.05) is 5.32 Å². The molecular weight excluding hydrogens is 302 g/mol. The van der Waals surface area contributed by atoms with E-state index in [1.54, 1.807) is 6.92 Å². The standard InChI is InChI=1S/C19H21N3O2/c1-11-12(2)22-10-9-14-16(18(22)20-11)21-15(17(23)19(14,3)24)13-7-5-4-6-8-13/h4-10,15,17,21,23-24H,1-3H3/t15-,17-,19-/m1/s1. The predicted octanol–water partition coefficient (Wildman–Crippen LogP) is 2.69. The Kier molecular flexibility index (Phi) is 3.20. The van der Waals surface area contributed by atoms with Crippen molar-refractivity contribution in [1.29, 1.82) is 0 Å². The van der Waals surface area contributed by atoms with E-state index in [1.165, 1.54) is 0 Å². The molecule has 124 valence electrons. The molecule has 3 N–H and O–H groups in total. The molecule has 1 aliphatic heterocycles. The number of benzene rings is 1. The van der Waals surface area contributed by atoms with Crippen molar-refractivity contribution in [3.05, 3.63) is 65.1 Å². The van der Waals surface area contributed by atoms with Crippen molar-refractivity contribution in [1.82, 2.24) is 9.38 Å². The Labute approximate surface area is 140 Å². The molecule has 0 radical (unpaired) electrons. The molecule has 3 heterocycles. The fourth-order valence-corrected chi connectivity index (χ4v) is 3.55. The van der Waals surface area contributed by atoms with Crippen molar-refractivity contribution in [2.45, 2.75) is 38.5 Å². The van der Waals surface area contributed by atoms with Gasteiger partial charge in [-0.25, -0.2) is 4.98 Å². The summed E-state index contributed by atoms with van der Waals surface area (Å²) in [6, 6.07) is 11.1. The Balaban J connectivity index is 1.95. The molecule has 0 aliphatic carbocycles. The second-order valence-corrected chi connectivity index (χ2v) is 6.71. The molecule has 0 amide bonds. The average Bonchev–Trinajstić information content (AvgIpc) is 2.87. The van der Waals surface area contributed by atoms with Crippen LogP contribution in [0, 0.1) is 13.8 Å². The Morgan fingerprint density at radius 2 is 1.88 bits per heavy atom. The van der Waals surface area contributed by atoms with Crippen LogP contribution in [0.1, 0.15) is 35.5 Å². The molecule has 2 aromatic heterocycles. The van der Waals surface area contributed by atoms with Crippen LogP contribution in [-0.4, -0.2) is 25.7 Å². The van der Waals surface area contributed by atoms with Gasteiger partial charge in [-0.05, 0) is 32.4 Å². The highest BCUT2D eigenvalue weighted by molar-refractivity contribution is 5.76. The zero-order valence-electron chi connectivity index (χ0n) is 14.0. The fourth-order valence-electron chi connectivity index (χ4n) is 3.55. The molecule has 1 aromatic carbocycles. The zero-order valence-corrected chi connectivity index (χ0v) is 14.0. The Hall–Kier alpha value is -2.37. The third-order valence-corrected chi connectivity index (χ3v) is 5.17. The average molecular weight is 323 g/mol. The Morgan fingerprint density at radius 1 is 1.17 bits per heavy atom. The maximum Gasteiger partial charge on any atom is 0.161 e. The van der Waals surface area contributed by atoms with Crippen LogP contribution in [-0.2, 0) is 5.60 Å². The van der Waals surface area contributed by atoms with Gasteiger partial charge in [0.05, 0.1) is 17.4 Å². The number of pyridine rings is 1. The van der Waals surface area contributed by atoms with E-state index in [2.05, 4.69) is 10.3 Å². The van der Waals surface area contributed by atoms with Crippen molar-refractivity contribution < 1.29 is 10.2 Å². The highest BCUT2D eigenvalue weighted by Crippen LogP contribution is 2.44. The molecule has 0 unspecified atom stereocenters. The van der Waals surface area contributed by atoms with E-state index < -0.39 is 17.7 Å². The number of hydrogen-bond donors (Lipinski definition) is 3. The SMILES string of the molecule is Cc1nc2c3c(ccn2c1C)[C@@](C)(O)[C@H](O)[C@@H](c1ccccc1)N3. The number of rotatable bonds is 1. The first-order valence-corrected chi connectivity index (χ1v) is 8.12. The number of nitrogens with zero attached hydrogens (tertiary/aromatic N) is 2. The number of aliphatic hydroxyl groups excluding tert-OH is 1. The van der Waals surface area contributed by atoms with Gasteiger partial charge < -0.3 is 19.9 Å². The summed E-state index contributed by atoms with van der Waals surface area (Å²) in [5.74, 6) is 0. The second kappa shape index (κ2) is 5.06. The van der Waals surface area contributed by atoms with Crippen LogP contribution in [0.2, 0.25) is 0 Å². The highest BCUT2D eigenvalue weighted by atomic mass is 16.3. The molecule has 0 bridgehead atoms. The minimum absolute atomic E-state index is 0.405.